The third-order valence-corrected chi connectivity index (χ3v) is 1.88. The van der Waals surface area contributed by atoms with Gasteiger partial charge in [0.25, 0.3) is 0 Å². The molecular formula is C12H13F2O. The van der Waals surface area contributed by atoms with Crippen molar-refractivity contribution >= 4 is 0 Å². The number of halogens is 2. The Hall–Kier alpha value is -1.38. The van der Waals surface area contributed by atoms with Crippen LogP contribution in [0.3, 0.4) is 0 Å². The molecule has 0 bridgehead atoms. The highest BCUT2D eigenvalue weighted by Gasteiger charge is 2.14. The quantitative estimate of drug-likeness (QED) is 0.693. The number of rotatable bonds is 4. The molecule has 0 aliphatic carbocycles. The molecule has 15 heavy (non-hydrogen) atoms. The van der Waals surface area contributed by atoms with E-state index in [-0.39, 0.29) is 17.9 Å². The van der Waals surface area contributed by atoms with Gasteiger partial charge in [-0.15, -0.1) is 0 Å². The summed E-state index contributed by atoms with van der Waals surface area (Å²) < 4.78 is 31.9. The highest BCUT2D eigenvalue weighted by molar-refractivity contribution is 5.37. The number of benzene rings is 1. The molecule has 0 amide bonds. The monoisotopic (exact) mass is 211 g/mol. The van der Waals surface area contributed by atoms with Gasteiger partial charge in [0, 0.05) is 23.6 Å². The summed E-state index contributed by atoms with van der Waals surface area (Å²) in [6, 6.07) is 2.35. The van der Waals surface area contributed by atoms with Gasteiger partial charge in [0.2, 0.25) is 0 Å². The fourth-order valence-electron chi connectivity index (χ4n) is 1.27. The van der Waals surface area contributed by atoms with Crippen LogP contribution in [0.25, 0.3) is 0 Å². The summed E-state index contributed by atoms with van der Waals surface area (Å²) in [4.78, 5) is 0. The maximum atomic E-state index is 13.4. The summed E-state index contributed by atoms with van der Waals surface area (Å²) in [5.74, 6) is -0.432. The van der Waals surface area contributed by atoms with Crippen molar-refractivity contribution in [3.05, 3.63) is 47.9 Å². The SMILES string of the molecule is C=CCOc1cc(F)c([C](C)C)c(F)c1. The Labute approximate surface area is 88.4 Å². The Bertz CT molecular complexity index is 336. The molecule has 0 unspecified atom stereocenters. The molecule has 0 atom stereocenters. The predicted octanol–water partition coefficient (Wildman–Crippen LogP) is 3.49. The van der Waals surface area contributed by atoms with E-state index in [9.17, 15) is 8.78 Å². The van der Waals surface area contributed by atoms with Crippen molar-refractivity contribution in [2.45, 2.75) is 13.8 Å². The summed E-state index contributed by atoms with van der Waals surface area (Å²) in [5.41, 5.74) is 0.0148. The van der Waals surface area contributed by atoms with Gasteiger partial charge in [-0.2, -0.15) is 0 Å². The fourth-order valence-corrected chi connectivity index (χ4v) is 1.27. The Kier molecular flexibility index (Phi) is 3.83. The van der Waals surface area contributed by atoms with Gasteiger partial charge in [0.1, 0.15) is 24.0 Å². The van der Waals surface area contributed by atoms with E-state index >= 15 is 0 Å². The first kappa shape index (κ1) is 11.7. The molecule has 0 N–H and O–H groups in total. The summed E-state index contributed by atoms with van der Waals surface area (Å²) in [6.07, 6.45) is 1.51. The van der Waals surface area contributed by atoms with E-state index in [1.807, 2.05) is 0 Å². The second kappa shape index (κ2) is 4.91. The smallest absolute Gasteiger partial charge is 0.133 e. The lowest BCUT2D eigenvalue weighted by atomic mass is 10.0. The molecule has 1 rings (SSSR count). The van der Waals surface area contributed by atoms with Gasteiger partial charge in [0.15, 0.2) is 0 Å². The Balaban J connectivity index is 3.02. The van der Waals surface area contributed by atoms with E-state index in [4.69, 9.17) is 4.74 Å². The molecule has 0 fully saturated rings. The van der Waals surface area contributed by atoms with Crippen LogP contribution in [0.5, 0.6) is 5.75 Å². The summed E-state index contributed by atoms with van der Waals surface area (Å²) in [5, 5.41) is 0. The fraction of sp³-hybridized carbons (Fsp3) is 0.250. The zero-order valence-electron chi connectivity index (χ0n) is 8.81. The van der Waals surface area contributed by atoms with Crippen LogP contribution < -0.4 is 4.74 Å². The number of ether oxygens (including phenoxy) is 1. The predicted molar refractivity (Wildman–Crippen MR) is 55.7 cm³/mol. The lowest BCUT2D eigenvalue weighted by molar-refractivity contribution is 0.357. The van der Waals surface area contributed by atoms with Crippen molar-refractivity contribution in [3.8, 4) is 5.75 Å². The molecule has 0 saturated heterocycles. The highest BCUT2D eigenvalue weighted by atomic mass is 19.1. The van der Waals surface area contributed by atoms with E-state index in [0.29, 0.717) is 5.92 Å². The normalized spacial score (nSPS) is 10.5. The molecule has 1 aromatic carbocycles. The van der Waals surface area contributed by atoms with Crippen LogP contribution in [0, 0.1) is 17.6 Å². The van der Waals surface area contributed by atoms with Gasteiger partial charge in [-0.25, -0.2) is 8.78 Å². The molecular weight excluding hydrogens is 198 g/mol. The van der Waals surface area contributed by atoms with Gasteiger partial charge < -0.3 is 4.74 Å². The van der Waals surface area contributed by atoms with Gasteiger partial charge in [-0.3, -0.25) is 0 Å². The first-order valence-electron chi connectivity index (χ1n) is 4.59. The third-order valence-electron chi connectivity index (χ3n) is 1.88. The first-order chi connectivity index (χ1) is 7.06. The minimum Gasteiger partial charge on any atom is -0.489 e. The second-order valence-electron chi connectivity index (χ2n) is 3.36. The molecule has 0 spiro atoms. The zero-order chi connectivity index (χ0) is 11.4. The lowest BCUT2D eigenvalue weighted by Gasteiger charge is -2.10. The van der Waals surface area contributed by atoms with Crippen molar-refractivity contribution in [1.82, 2.24) is 0 Å². The minimum atomic E-state index is -0.603. The van der Waals surface area contributed by atoms with E-state index in [2.05, 4.69) is 6.58 Å². The highest BCUT2D eigenvalue weighted by Crippen LogP contribution is 2.25. The third kappa shape index (κ3) is 2.78. The lowest BCUT2D eigenvalue weighted by Crippen LogP contribution is -2.01. The van der Waals surface area contributed by atoms with E-state index in [0.717, 1.165) is 0 Å². The van der Waals surface area contributed by atoms with Gasteiger partial charge in [-0.1, -0.05) is 26.5 Å². The molecule has 3 heteroatoms. The molecule has 1 radical (unpaired) electrons. The molecule has 0 aliphatic rings. The minimum absolute atomic E-state index is 0.0148. The second-order valence-corrected chi connectivity index (χ2v) is 3.36. The molecule has 1 nitrogen and oxygen atoms in total. The van der Waals surface area contributed by atoms with Crippen LogP contribution in [-0.4, -0.2) is 6.61 Å². The summed E-state index contributed by atoms with van der Waals surface area (Å²) in [6.45, 7) is 7.00. The Morgan fingerprint density at radius 3 is 2.27 bits per heavy atom. The molecule has 1 aromatic rings. The van der Waals surface area contributed by atoms with Crippen LogP contribution in [0.4, 0.5) is 8.78 Å². The largest absolute Gasteiger partial charge is 0.489 e. The zero-order valence-corrected chi connectivity index (χ0v) is 8.81. The molecule has 0 aliphatic heterocycles. The van der Waals surface area contributed by atoms with Crippen LogP contribution in [0.1, 0.15) is 19.4 Å². The standard InChI is InChI=1S/C12H13F2O/c1-4-5-15-9-6-10(13)12(8(2)3)11(14)7-9/h4,6-7H,1,5H2,2-3H3. The Morgan fingerprint density at radius 1 is 1.33 bits per heavy atom. The molecule has 81 valence electrons. The molecule has 0 heterocycles. The maximum Gasteiger partial charge on any atom is 0.133 e. The maximum absolute atomic E-state index is 13.4. The molecule has 0 saturated carbocycles. The van der Waals surface area contributed by atoms with Gasteiger partial charge in [-0.05, 0) is 0 Å². The van der Waals surface area contributed by atoms with Gasteiger partial charge in [0.05, 0.1) is 0 Å². The van der Waals surface area contributed by atoms with Crippen molar-refractivity contribution in [1.29, 1.82) is 0 Å². The number of hydrogen-bond acceptors (Lipinski definition) is 1. The molecule has 0 aromatic heterocycles. The summed E-state index contributed by atoms with van der Waals surface area (Å²) >= 11 is 0. The number of hydrogen-bond donors (Lipinski definition) is 0. The van der Waals surface area contributed by atoms with E-state index in [1.54, 1.807) is 13.8 Å². The van der Waals surface area contributed by atoms with Crippen LogP contribution in [-0.2, 0) is 0 Å². The average Bonchev–Trinajstić information content (AvgIpc) is 2.12. The van der Waals surface area contributed by atoms with E-state index < -0.39 is 11.6 Å². The Morgan fingerprint density at radius 2 is 1.87 bits per heavy atom. The van der Waals surface area contributed by atoms with Crippen molar-refractivity contribution in [2.24, 2.45) is 0 Å². The van der Waals surface area contributed by atoms with Crippen LogP contribution in [0.2, 0.25) is 0 Å². The first-order valence-corrected chi connectivity index (χ1v) is 4.59. The van der Waals surface area contributed by atoms with Gasteiger partial charge >= 0.3 is 0 Å². The van der Waals surface area contributed by atoms with Crippen molar-refractivity contribution in [2.75, 3.05) is 6.61 Å². The summed E-state index contributed by atoms with van der Waals surface area (Å²) in [7, 11) is 0. The van der Waals surface area contributed by atoms with Crippen molar-refractivity contribution in [3.63, 3.8) is 0 Å². The van der Waals surface area contributed by atoms with Crippen LogP contribution in [0.15, 0.2) is 24.8 Å². The van der Waals surface area contributed by atoms with Crippen LogP contribution >= 0.6 is 0 Å². The van der Waals surface area contributed by atoms with E-state index in [1.165, 1.54) is 18.2 Å². The topological polar surface area (TPSA) is 9.23 Å². The average molecular weight is 211 g/mol. The van der Waals surface area contributed by atoms with Crippen molar-refractivity contribution < 1.29 is 13.5 Å².